The number of nitrogens with zero attached hydrogens (tertiary/aromatic N) is 2. The van der Waals surface area contributed by atoms with Crippen LogP contribution in [0.3, 0.4) is 0 Å². The second kappa shape index (κ2) is 10.5. The molecule has 3 rings (SSSR count). The third kappa shape index (κ3) is 5.53. The molecule has 2 aromatic rings. The summed E-state index contributed by atoms with van der Waals surface area (Å²) in [6.07, 6.45) is 4.82. The smallest absolute Gasteiger partial charge is 0.256 e. The average molecular weight is 398 g/mol. The van der Waals surface area contributed by atoms with Crippen molar-refractivity contribution >= 4 is 24.0 Å². The number of piperidine rings is 1. The summed E-state index contributed by atoms with van der Waals surface area (Å²) in [7, 11) is 0. The fraction of sp³-hybridized carbons (Fsp3) is 0.455. The Labute approximate surface area is 172 Å². The molecule has 4 N–H and O–H groups in total. The van der Waals surface area contributed by atoms with Gasteiger partial charge in [-0.2, -0.15) is 0 Å². The summed E-state index contributed by atoms with van der Waals surface area (Å²) in [5.74, 6) is 1.51. The number of nitrogens with two attached hydrogens (primary N) is 1. The monoisotopic (exact) mass is 397 g/mol. The first-order valence-electron chi connectivity index (χ1n) is 10.0. The molecule has 1 fully saturated rings. The van der Waals surface area contributed by atoms with E-state index in [9.17, 15) is 4.79 Å². The number of hydrogen-bond donors (Lipinski definition) is 3. The highest BCUT2D eigenvalue weighted by atomic mass is 16.5. The van der Waals surface area contributed by atoms with Crippen LogP contribution < -0.4 is 5.73 Å². The first-order valence-corrected chi connectivity index (χ1v) is 10.0. The summed E-state index contributed by atoms with van der Waals surface area (Å²) in [5.41, 5.74) is 8.06. The minimum atomic E-state index is 0.000875. The van der Waals surface area contributed by atoms with Crippen LogP contribution in [0.4, 0.5) is 5.69 Å². The van der Waals surface area contributed by atoms with Crippen molar-refractivity contribution in [1.29, 1.82) is 10.8 Å². The number of aromatic nitrogens is 1. The van der Waals surface area contributed by atoms with Crippen molar-refractivity contribution in [1.82, 2.24) is 10.1 Å². The van der Waals surface area contributed by atoms with Crippen LogP contribution in [0.15, 0.2) is 34.9 Å². The topological polar surface area (TPSA) is 120 Å². The Morgan fingerprint density at radius 2 is 2.03 bits per heavy atom. The lowest BCUT2D eigenvalue weighted by atomic mass is 9.89. The van der Waals surface area contributed by atoms with Crippen molar-refractivity contribution in [3.8, 4) is 0 Å². The van der Waals surface area contributed by atoms with E-state index >= 15 is 0 Å². The maximum absolute atomic E-state index is 13.0. The Bertz CT molecular complexity index is 826. The summed E-state index contributed by atoms with van der Waals surface area (Å²) in [6.45, 7) is 7.03. The molecule has 7 nitrogen and oxygen atoms in total. The normalized spacial score (nSPS) is 19.6. The molecule has 1 aliphatic rings. The molecule has 0 spiro atoms. The van der Waals surface area contributed by atoms with E-state index in [2.05, 4.69) is 32.0 Å². The summed E-state index contributed by atoms with van der Waals surface area (Å²) < 4.78 is 5.52. The highest BCUT2D eigenvalue weighted by molar-refractivity contribution is 6.12. The Hall–Kier alpha value is -2.96. The zero-order valence-corrected chi connectivity index (χ0v) is 17.4. The standard InChI is InChI=1S/C20H27N3O2.C2H4N2/c1-4-13(2)19-11-18(22-25-19)15-10-9-14(3)23(12-15)20(24)16-7-5-6-8-17(16)21;3-1-2-4/h5-8,11,13-15H,4,9-10,12,21H2,1-3H3;1-4H/t13?,14-,15?;/m1./s1. The molecule has 1 aromatic heterocycles. The van der Waals surface area contributed by atoms with Crippen LogP contribution in [0.2, 0.25) is 0 Å². The zero-order chi connectivity index (χ0) is 21.4. The molecule has 0 aliphatic carbocycles. The van der Waals surface area contributed by atoms with Gasteiger partial charge < -0.3 is 26.0 Å². The molecule has 1 saturated heterocycles. The summed E-state index contributed by atoms with van der Waals surface area (Å²) in [5, 5.41) is 16.4. The van der Waals surface area contributed by atoms with Crippen LogP contribution in [0.25, 0.3) is 0 Å². The lowest BCUT2D eigenvalue weighted by Crippen LogP contribution is -2.45. The van der Waals surface area contributed by atoms with Gasteiger partial charge >= 0.3 is 0 Å². The number of nitrogens with one attached hydrogen (secondary N) is 2. The molecule has 29 heavy (non-hydrogen) atoms. The van der Waals surface area contributed by atoms with Crippen LogP contribution in [0.5, 0.6) is 0 Å². The number of hydrogen-bond acceptors (Lipinski definition) is 6. The third-order valence-electron chi connectivity index (χ3n) is 5.48. The van der Waals surface area contributed by atoms with Gasteiger partial charge in [0.15, 0.2) is 0 Å². The van der Waals surface area contributed by atoms with Crippen molar-refractivity contribution in [2.24, 2.45) is 0 Å². The number of rotatable bonds is 5. The molecular formula is C22H31N5O2. The molecule has 2 heterocycles. The van der Waals surface area contributed by atoms with Gasteiger partial charge in [0.1, 0.15) is 5.76 Å². The van der Waals surface area contributed by atoms with Crippen molar-refractivity contribution in [2.45, 2.75) is 57.9 Å². The number of amides is 1. The molecule has 1 aromatic carbocycles. The molecule has 0 bridgehead atoms. The molecular weight excluding hydrogens is 366 g/mol. The molecule has 2 unspecified atom stereocenters. The quantitative estimate of drug-likeness (QED) is 0.509. The summed E-state index contributed by atoms with van der Waals surface area (Å²) in [4.78, 5) is 14.9. The van der Waals surface area contributed by atoms with Gasteiger partial charge in [0.2, 0.25) is 0 Å². The van der Waals surface area contributed by atoms with Gasteiger partial charge in [-0.05, 0) is 38.3 Å². The first-order chi connectivity index (χ1) is 13.9. The van der Waals surface area contributed by atoms with Gasteiger partial charge in [-0.15, -0.1) is 0 Å². The van der Waals surface area contributed by atoms with E-state index in [-0.39, 0.29) is 17.9 Å². The maximum atomic E-state index is 13.0. The molecule has 7 heteroatoms. The van der Waals surface area contributed by atoms with Gasteiger partial charge in [-0.3, -0.25) is 4.79 Å². The second-order valence-electron chi connectivity index (χ2n) is 7.46. The van der Waals surface area contributed by atoms with E-state index in [0.29, 0.717) is 23.7 Å². The highest BCUT2D eigenvalue weighted by Crippen LogP contribution is 2.32. The number of benzene rings is 1. The van der Waals surface area contributed by atoms with Crippen molar-refractivity contribution in [3.63, 3.8) is 0 Å². The average Bonchev–Trinajstić information content (AvgIpc) is 3.24. The Morgan fingerprint density at radius 3 is 2.66 bits per heavy atom. The molecule has 1 amide bonds. The highest BCUT2D eigenvalue weighted by Gasteiger charge is 2.32. The number of para-hydroxylation sites is 1. The van der Waals surface area contributed by atoms with E-state index in [1.165, 1.54) is 0 Å². The minimum absolute atomic E-state index is 0.000875. The van der Waals surface area contributed by atoms with Crippen LogP contribution in [0, 0.1) is 10.8 Å². The van der Waals surface area contributed by atoms with Gasteiger partial charge in [-0.1, -0.05) is 31.1 Å². The van der Waals surface area contributed by atoms with Crippen molar-refractivity contribution in [2.75, 3.05) is 12.3 Å². The Morgan fingerprint density at radius 1 is 1.34 bits per heavy atom. The SMILES string of the molecule is CCC(C)c1cc(C2CC[C@@H](C)N(C(=O)c3ccccc3N)C2)no1.N=CC=N. The van der Waals surface area contributed by atoms with Crippen molar-refractivity contribution < 1.29 is 9.32 Å². The van der Waals surface area contributed by atoms with Gasteiger partial charge in [0, 0.05) is 48.6 Å². The molecule has 0 radical (unpaired) electrons. The van der Waals surface area contributed by atoms with Crippen LogP contribution in [-0.2, 0) is 0 Å². The molecule has 1 aliphatic heterocycles. The number of carbonyl (C=O) groups excluding carboxylic acids is 1. The number of anilines is 1. The van der Waals surface area contributed by atoms with Gasteiger partial charge in [-0.25, -0.2) is 0 Å². The van der Waals surface area contributed by atoms with E-state index in [1.54, 1.807) is 12.1 Å². The molecule has 156 valence electrons. The fourth-order valence-corrected chi connectivity index (χ4v) is 3.41. The zero-order valence-electron chi connectivity index (χ0n) is 17.4. The van der Waals surface area contributed by atoms with E-state index in [0.717, 1.165) is 43.1 Å². The lowest BCUT2D eigenvalue weighted by molar-refractivity contribution is 0.0607. The maximum Gasteiger partial charge on any atom is 0.256 e. The largest absolute Gasteiger partial charge is 0.398 e. The van der Waals surface area contributed by atoms with Crippen LogP contribution in [0.1, 0.15) is 73.7 Å². The van der Waals surface area contributed by atoms with Gasteiger partial charge in [0.05, 0.1) is 11.3 Å². The van der Waals surface area contributed by atoms with Gasteiger partial charge in [0.25, 0.3) is 5.91 Å². The fourth-order valence-electron chi connectivity index (χ4n) is 3.41. The van der Waals surface area contributed by atoms with Crippen molar-refractivity contribution in [3.05, 3.63) is 47.3 Å². The number of likely N-dealkylation sites (tertiary alicyclic amines) is 1. The lowest BCUT2D eigenvalue weighted by Gasteiger charge is -2.37. The third-order valence-corrected chi connectivity index (χ3v) is 5.48. The van der Waals surface area contributed by atoms with Crippen LogP contribution >= 0.6 is 0 Å². The number of nitrogen functional groups attached to an aromatic ring is 1. The number of carbonyl (C=O) groups is 1. The van der Waals surface area contributed by atoms with E-state index in [1.807, 2.05) is 17.0 Å². The Balaban J connectivity index is 0.000000687. The van der Waals surface area contributed by atoms with Crippen LogP contribution in [-0.4, -0.2) is 41.0 Å². The Kier molecular flexibility index (Phi) is 8.12. The van der Waals surface area contributed by atoms with E-state index < -0.39 is 0 Å². The second-order valence-corrected chi connectivity index (χ2v) is 7.46. The minimum Gasteiger partial charge on any atom is -0.398 e. The summed E-state index contributed by atoms with van der Waals surface area (Å²) >= 11 is 0. The predicted octanol–water partition coefficient (Wildman–Crippen LogP) is 4.46. The molecule has 0 saturated carbocycles. The molecule has 3 atom stereocenters. The van der Waals surface area contributed by atoms with E-state index in [4.69, 9.17) is 21.1 Å². The predicted molar refractivity (Wildman–Crippen MR) is 116 cm³/mol. The summed E-state index contributed by atoms with van der Waals surface area (Å²) in [6, 6.07) is 9.53. The first kappa shape index (κ1) is 22.3.